The van der Waals surface area contributed by atoms with E-state index in [0.29, 0.717) is 12.8 Å². The summed E-state index contributed by atoms with van der Waals surface area (Å²) in [6.07, 6.45) is 0.869. The van der Waals surface area contributed by atoms with Gasteiger partial charge in [0.25, 0.3) is 0 Å². The molecule has 0 saturated carbocycles. The third-order valence-electron chi connectivity index (χ3n) is 7.09. The molecule has 0 aromatic heterocycles. The predicted octanol–water partition coefficient (Wildman–Crippen LogP) is 2.07. The van der Waals surface area contributed by atoms with Crippen LogP contribution in [0.15, 0.2) is 30.3 Å². The molecule has 5 amide bonds. The number of nitrogens with one attached hydrogen (secondary N) is 5. The lowest BCUT2D eigenvalue weighted by atomic mass is 9.97. The highest BCUT2D eigenvalue weighted by Gasteiger charge is 2.36. The van der Waals surface area contributed by atoms with Crippen LogP contribution in [0.5, 0.6) is 0 Å². The van der Waals surface area contributed by atoms with Crippen molar-refractivity contribution >= 4 is 29.5 Å². The number of carbonyl (C=O) groups is 5. The Morgan fingerprint density at radius 2 is 0.878 bits per heavy atom. The van der Waals surface area contributed by atoms with Gasteiger partial charge in [-0.1, -0.05) is 85.7 Å². The van der Waals surface area contributed by atoms with Crippen LogP contribution in [0.3, 0.4) is 0 Å². The molecule has 1 fully saturated rings. The maximum Gasteiger partial charge on any atom is 0.243 e. The van der Waals surface area contributed by atoms with Crippen molar-refractivity contribution in [1.82, 2.24) is 26.6 Å². The molecule has 1 heterocycles. The maximum atomic E-state index is 13.6. The van der Waals surface area contributed by atoms with Crippen LogP contribution in [0.25, 0.3) is 0 Å². The smallest absolute Gasteiger partial charge is 0.243 e. The molecule has 1 aliphatic heterocycles. The number of hydrogen-bond donors (Lipinski definition) is 5. The second-order valence-corrected chi connectivity index (χ2v) is 12.6. The van der Waals surface area contributed by atoms with Crippen LogP contribution >= 0.6 is 0 Å². The van der Waals surface area contributed by atoms with Crippen molar-refractivity contribution in [2.75, 3.05) is 0 Å². The number of benzene rings is 1. The van der Waals surface area contributed by atoms with Gasteiger partial charge in [0, 0.05) is 6.42 Å². The molecule has 5 atom stereocenters. The summed E-state index contributed by atoms with van der Waals surface area (Å²) >= 11 is 0. The van der Waals surface area contributed by atoms with Crippen molar-refractivity contribution in [2.24, 2.45) is 23.7 Å². The molecule has 0 radical (unpaired) electrons. The molecule has 1 aromatic carbocycles. The van der Waals surface area contributed by atoms with Crippen LogP contribution in [0.2, 0.25) is 0 Å². The fraction of sp³-hybridized carbons (Fsp3) is 0.645. The summed E-state index contributed by atoms with van der Waals surface area (Å²) in [7, 11) is 0. The fourth-order valence-electron chi connectivity index (χ4n) is 4.84. The Kier molecular flexibility index (Phi) is 12.8. The Morgan fingerprint density at radius 1 is 0.512 bits per heavy atom. The molecular formula is C31H49N5O5. The van der Waals surface area contributed by atoms with E-state index in [0.717, 1.165) is 5.56 Å². The number of carbonyl (C=O) groups excluding carboxylic acids is 5. The molecular weight excluding hydrogens is 522 g/mol. The van der Waals surface area contributed by atoms with E-state index in [1.165, 1.54) is 0 Å². The van der Waals surface area contributed by atoms with Gasteiger partial charge in [-0.15, -0.1) is 0 Å². The van der Waals surface area contributed by atoms with E-state index in [-0.39, 0.29) is 30.1 Å². The Hall–Kier alpha value is -3.43. The van der Waals surface area contributed by atoms with E-state index in [4.69, 9.17) is 0 Å². The highest BCUT2D eigenvalue weighted by atomic mass is 16.2. The summed E-state index contributed by atoms with van der Waals surface area (Å²) in [6, 6.07) is 4.56. The zero-order chi connectivity index (χ0) is 30.9. The Morgan fingerprint density at radius 3 is 1.27 bits per heavy atom. The molecule has 10 heteroatoms. The van der Waals surface area contributed by atoms with Gasteiger partial charge in [-0.25, -0.2) is 0 Å². The van der Waals surface area contributed by atoms with Gasteiger partial charge in [0.2, 0.25) is 29.5 Å². The summed E-state index contributed by atoms with van der Waals surface area (Å²) < 4.78 is 0. The average Bonchev–Trinajstić information content (AvgIpc) is 2.87. The first kappa shape index (κ1) is 33.8. The van der Waals surface area contributed by atoms with E-state index in [1.54, 1.807) is 27.7 Å². The summed E-state index contributed by atoms with van der Waals surface area (Å²) in [4.78, 5) is 67.7. The van der Waals surface area contributed by atoms with Gasteiger partial charge >= 0.3 is 0 Å². The highest BCUT2D eigenvalue weighted by Crippen LogP contribution is 2.13. The van der Waals surface area contributed by atoms with Crippen LogP contribution in [0, 0.1) is 23.7 Å². The first-order valence-electron chi connectivity index (χ1n) is 14.7. The van der Waals surface area contributed by atoms with Crippen LogP contribution in [-0.4, -0.2) is 59.7 Å². The van der Waals surface area contributed by atoms with Crippen molar-refractivity contribution in [1.29, 1.82) is 0 Å². The van der Waals surface area contributed by atoms with E-state index in [2.05, 4.69) is 26.6 Å². The van der Waals surface area contributed by atoms with Gasteiger partial charge < -0.3 is 26.6 Å². The molecule has 1 aromatic rings. The molecule has 2 rings (SSSR count). The van der Waals surface area contributed by atoms with Gasteiger partial charge in [0.1, 0.15) is 30.2 Å². The Balaban J connectivity index is 2.58. The molecule has 0 bridgehead atoms. The minimum Gasteiger partial charge on any atom is -0.343 e. The lowest BCUT2D eigenvalue weighted by Gasteiger charge is -2.29. The summed E-state index contributed by atoms with van der Waals surface area (Å²) in [5.74, 6) is -2.98. The first-order chi connectivity index (χ1) is 19.2. The molecule has 5 N–H and O–H groups in total. The Bertz CT molecular complexity index is 1060. The van der Waals surface area contributed by atoms with Crippen molar-refractivity contribution in [3.63, 3.8) is 0 Å². The van der Waals surface area contributed by atoms with Gasteiger partial charge in [-0.2, -0.15) is 0 Å². The largest absolute Gasteiger partial charge is 0.343 e. The Labute approximate surface area is 244 Å². The van der Waals surface area contributed by atoms with Crippen molar-refractivity contribution in [3.8, 4) is 0 Å². The lowest BCUT2D eigenvalue weighted by molar-refractivity contribution is -0.135. The van der Waals surface area contributed by atoms with Crippen molar-refractivity contribution < 1.29 is 24.0 Å². The van der Waals surface area contributed by atoms with Gasteiger partial charge in [0.05, 0.1) is 0 Å². The van der Waals surface area contributed by atoms with E-state index in [1.807, 2.05) is 58.0 Å². The molecule has 0 unspecified atom stereocenters. The SMILES string of the molecule is CC(C)C[C@@H]1NC(=O)[C@H](C(C)C)NC(=O)[C@H](Cc2ccccc2)NC(=O)[C@@H](CC(C)C)NC(=O)[C@@H](C(C)C)NC1=O. The normalized spacial score (nSPS) is 25.3. The predicted molar refractivity (Wildman–Crippen MR) is 158 cm³/mol. The third-order valence-corrected chi connectivity index (χ3v) is 7.09. The van der Waals surface area contributed by atoms with Gasteiger partial charge in [0.15, 0.2) is 0 Å². The van der Waals surface area contributed by atoms with Crippen LogP contribution in [0.1, 0.15) is 73.8 Å². The highest BCUT2D eigenvalue weighted by molar-refractivity contribution is 5.98. The molecule has 1 saturated heterocycles. The maximum absolute atomic E-state index is 13.6. The molecule has 1 aliphatic rings. The second-order valence-electron chi connectivity index (χ2n) is 12.6. The number of hydrogen-bond acceptors (Lipinski definition) is 5. The topological polar surface area (TPSA) is 146 Å². The summed E-state index contributed by atoms with van der Waals surface area (Å²) in [5.41, 5.74) is 0.826. The molecule has 0 spiro atoms. The van der Waals surface area contributed by atoms with Crippen molar-refractivity contribution in [3.05, 3.63) is 35.9 Å². The van der Waals surface area contributed by atoms with E-state index < -0.39 is 59.7 Å². The lowest BCUT2D eigenvalue weighted by Crippen LogP contribution is -2.59. The standard InChI is InChI=1S/C31H49N5O5/c1-17(2)14-22-27(37)32-24(16-21-12-10-9-11-13-21)29(39)36-26(20(7)8)31(41)34-23(15-18(3)4)28(38)35-25(19(5)6)30(40)33-22/h9-13,17-20,22-26H,14-16H2,1-8H3,(H,32,37)(H,33,40)(H,34,41)(H,35,38)(H,36,39)/t22-,23+,24+,25-,26+/m1/s1. The average molecular weight is 572 g/mol. The summed E-state index contributed by atoms with van der Waals surface area (Å²) in [6.45, 7) is 15.0. The fourth-order valence-corrected chi connectivity index (χ4v) is 4.84. The van der Waals surface area contributed by atoms with Gasteiger partial charge in [-0.3, -0.25) is 24.0 Å². The summed E-state index contributed by atoms with van der Waals surface area (Å²) in [5, 5.41) is 14.1. The molecule has 0 aliphatic carbocycles. The first-order valence-corrected chi connectivity index (χ1v) is 14.7. The zero-order valence-electron chi connectivity index (χ0n) is 25.7. The van der Waals surface area contributed by atoms with Crippen molar-refractivity contribution in [2.45, 2.75) is 105 Å². The quantitative estimate of drug-likeness (QED) is 0.324. The van der Waals surface area contributed by atoms with E-state index in [9.17, 15) is 24.0 Å². The van der Waals surface area contributed by atoms with E-state index >= 15 is 0 Å². The monoisotopic (exact) mass is 571 g/mol. The number of amides is 5. The third kappa shape index (κ3) is 10.5. The molecule has 10 nitrogen and oxygen atoms in total. The molecule has 41 heavy (non-hydrogen) atoms. The second kappa shape index (κ2) is 15.5. The molecule has 228 valence electrons. The number of rotatable bonds is 8. The minimum atomic E-state index is -0.997. The van der Waals surface area contributed by atoms with Crippen LogP contribution < -0.4 is 26.6 Å². The van der Waals surface area contributed by atoms with Gasteiger partial charge in [-0.05, 0) is 42.1 Å². The zero-order valence-corrected chi connectivity index (χ0v) is 25.7. The van der Waals surface area contributed by atoms with Crippen LogP contribution in [0.4, 0.5) is 0 Å². The van der Waals surface area contributed by atoms with Crippen LogP contribution in [-0.2, 0) is 30.4 Å². The minimum absolute atomic E-state index is 0.0594.